The lowest BCUT2D eigenvalue weighted by Crippen LogP contribution is -2.29. The fraction of sp³-hybridized carbons (Fsp3) is 0.368. The first-order valence-electron chi connectivity index (χ1n) is 8.48. The van der Waals surface area contributed by atoms with Crippen molar-refractivity contribution < 1.29 is 24.0 Å². The van der Waals surface area contributed by atoms with Crippen molar-refractivity contribution in [1.82, 2.24) is 5.32 Å². The first-order valence-corrected chi connectivity index (χ1v) is 10.9. The molecule has 0 saturated carbocycles. The van der Waals surface area contributed by atoms with Crippen LogP contribution in [0.15, 0.2) is 42.5 Å². The maximum atomic E-state index is 12.5. The number of ether oxygens (including phenoxy) is 2. The highest BCUT2D eigenvalue weighted by molar-refractivity contribution is 7.57. The first-order chi connectivity index (χ1) is 12.8. The van der Waals surface area contributed by atoms with Gasteiger partial charge in [0, 0.05) is 24.3 Å². The molecule has 0 aromatic heterocycles. The molecule has 2 aromatic rings. The van der Waals surface area contributed by atoms with E-state index in [1.54, 1.807) is 30.3 Å². The van der Waals surface area contributed by atoms with Crippen LogP contribution in [0.5, 0.6) is 11.5 Å². The summed E-state index contributed by atoms with van der Waals surface area (Å²) in [5.41, 5.74) is 1.67. The molecule has 6 nitrogen and oxygen atoms in total. The van der Waals surface area contributed by atoms with E-state index in [0.29, 0.717) is 28.6 Å². The van der Waals surface area contributed by atoms with E-state index in [-0.39, 0.29) is 18.9 Å². The minimum Gasteiger partial charge on any atom is -0.493 e. The van der Waals surface area contributed by atoms with Gasteiger partial charge in [-0.3, -0.25) is 4.57 Å². The van der Waals surface area contributed by atoms with Gasteiger partial charge in [0.1, 0.15) is 0 Å². The number of benzene rings is 2. The third-order valence-electron chi connectivity index (χ3n) is 4.00. The second-order valence-corrected chi connectivity index (χ2v) is 9.10. The second-order valence-electron chi connectivity index (χ2n) is 6.29. The summed E-state index contributed by atoms with van der Waals surface area (Å²) >= 11 is 5.84. The van der Waals surface area contributed by atoms with Crippen molar-refractivity contribution in [2.24, 2.45) is 0 Å². The van der Waals surface area contributed by atoms with Crippen LogP contribution in [0.2, 0.25) is 5.02 Å². The molecule has 0 amide bonds. The van der Waals surface area contributed by atoms with E-state index in [0.717, 1.165) is 5.56 Å². The minimum absolute atomic E-state index is 0.0401. The van der Waals surface area contributed by atoms with E-state index >= 15 is 0 Å². The van der Waals surface area contributed by atoms with Crippen molar-refractivity contribution in [3.8, 4) is 11.5 Å². The molecule has 0 saturated heterocycles. The van der Waals surface area contributed by atoms with Crippen molar-refractivity contribution in [1.29, 1.82) is 0 Å². The topological polar surface area (TPSA) is 88.0 Å². The van der Waals surface area contributed by atoms with Crippen LogP contribution in [0, 0.1) is 0 Å². The maximum absolute atomic E-state index is 12.5. The fourth-order valence-corrected chi connectivity index (χ4v) is 4.52. The summed E-state index contributed by atoms with van der Waals surface area (Å²) in [4.78, 5) is 10.3. The van der Waals surface area contributed by atoms with Gasteiger partial charge in [-0.05, 0) is 35.4 Å². The average Bonchev–Trinajstić information content (AvgIpc) is 2.62. The van der Waals surface area contributed by atoms with Gasteiger partial charge in [-0.1, -0.05) is 29.8 Å². The lowest BCUT2D eigenvalue weighted by molar-refractivity contribution is 0.190. The number of hydrogen-bond acceptors (Lipinski definition) is 5. The molecule has 0 aliphatic rings. The largest absolute Gasteiger partial charge is 0.493 e. The standard InChI is InChI=1S/C19H25ClNO5P/c1-25-18-8-5-15(9-19(18)26-2)12-27(23,24)13-17(22)11-21-10-14-3-6-16(20)7-4-14/h3-9,17,21-22H,10-13H2,1-2H3,(H,23,24)/t17-/m1/s1. The van der Waals surface area contributed by atoms with Gasteiger partial charge in [-0.15, -0.1) is 0 Å². The van der Waals surface area contributed by atoms with E-state index in [1.807, 2.05) is 12.1 Å². The summed E-state index contributed by atoms with van der Waals surface area (Å²) < 4.78 is 22.9. The fourth-order valence-electron chi connectivity index (χ4n) is 2.71. The van der Waals surface area contributed by atoms with E-state index in [4.69, 9.17) is 21.1 Å². The lowest BCUT2D eigenvalue weighted by Gasteiger charge is -2.17. The average molecular weight is 414 g/mol. The zero-order valence-electron chi connectivity index (χ0n) is 15.4. The number of aliphatic hydroxyl groups excluding tert-OH is 1. The molecule has 0 aliphatic carbocycles. The summed E-state index contributed by atoms with van der Waals surface area (Å²) in [5, 5.41) is 13.8. The molecule has 0 bridgehead atoms. The Morgan fingerprint density at radius 2 is 1.70 bits per heavy atom. The molecule has 0 spiro atoms. The van der Waals surface area contributed by atoms with Gasteiger partial charge in [-0.25, -0.2) is 0 Å². The Labute approximate surface area is 164 Å². The van der Waals surface area contributed by atoms with Crippen molar-refractivity contribution in [3.63, 3.8) is 0 Å². The van der Waals surface area contributed by atoms with Crippen LogP contribution in [0.25, 0.3) is 0 Å². The van der Waals surface area contributed by atoms with Gasteiger partial charge in [0.25, 0.3) is 0 Å². The normalized spacial score (nSPS) is 14.4. The van der Waals surface area contributed by atoms with Crippen molar-refractivity contribution >= 4 is 19.0 Å². The molecule has 1 unspecified atom stereocenters. The third kappa shape index (κ3) is 7.17. The molecule has 2 atom stereocenters. The quantitative estimate of drug-likeness (QED) is 0.518. The van der Waals surface area contributed by atoms with Gasteiger partial charge >= 0.3 is 0 Å². The monoisotopic (exact) mass is 413 g/mol. The molecule has 2 aromatic carbocycles. The Bertz CT molecular complexity index is 784. The second kappa shape index (κ2) is 10.1. The number of aliphatic hydroxyl groups is 1. The molecule has 0 heterocycles. The summed E-state index contributed by atoms with van der Waals surface area (Å²) in [5.74, 6) is 1.06. The summed E-state index contributed by atoms with van der Waals surface area (Å²) in [6.07, 6.45) is -1.15. The van der Waals surface area contributed by atoms with Crippen LogP contribution >= 0.6 is 19.0 Å². The Kier molecular flexibility index (Phi) is 8.14. The molecular weight excluding hydrogens is 389 g/mol. The number of methoxy groups -OCH3 is 2. The van der Waals surface area contributed by atoms with Crippen LogP contribution in [-0.4, -0.2) is 43.0 Å². The Morgan fingerprint density at radius 1 is 1.07 bits per heavy atom. The third-order valence-corrected chi connectivity index (χ3v) is 6.10. The molecule has 0 fully saturated rings. The maximum Gasteiger partial charge on any atom is 0.207 e. The van der Waals surface area contributed by atoms with Gasteiger partial charge in [0.15, 0.2) is 11.5 Å². The van der Waals surface area contributed by atoms with E-state index < -0.39 is 13.5 Å². The van der Waals surface area contributed by atoms with Gasteiger partial charge in [0.2, 0.25) is 7.37 Å². The Morgan fingerprint density at radius 3 is 2.33 bits per heavy atom. The predicted octanol–water partition coefficient (Wildman–Crippen LogP) is 3.28. The van der Waals surface area contributed by atoms with Crippen LogP contribution in [-0.2, 0) is 17.3 Å². The molecule has 27 heavy (non-hydrogen) atoms. The first kappa shape index (κ1) is 21.7. The number of rotatable bonds is 10. The summed E-state index contributed by atoms with van der Waals surface area (Å²) in [6, 6.07) is 12.4. The van der Waals surface area contributed by atoms with Gasteiger partial charge in [-0.2, -0.15) is 0 Å². The summed E-state index contributed by atoms with van der Waals surface area (Å²) in [6.45, 7) is 0.763. The number of halogens is 1. The molecule has 2 rings (SSSR count). The Balaban J connectivity index is 1.85. The number of nitrogens with one attached hydrogen (secondary N) is 1. The van der Waals surface area contributed by atoms with Crippen molar-refractivity contribution in [2.75, 3.05) is 26.9 Å². The minimum atomic E-state index is -3.55. The van der Waals surface area contributed by atoms with Crippen LogP contribution in [0.3, 0.4) is 0 Å². The SMILES string of the molecule is COc1ccc(CP(=O)(O)C[C@H](O)CNCc2ccc(Cl)cc2)cc1OC. The zero-order chi connectivity index (χ0) is 19.9. The molecular formula is C19H25ClNO5P. The molecule has 148 valence electrons. The Hall–Kier alpha value is -1.56. The van der Waals surface area contributed by atoms with Gasteiger partial charge in [0.05, 0.1) is 26.5 Å². The van der Waals surface area contributed by atoms with E-state index in [1.165, 1.54) is 14.2 Å². The van der Waals surface area contributed by atoms with Crippen molar-refractivity contribution in [2.45, 2.75) is 18.8 Å². The van der Waals surface area contributed by atoms with Crippen LogP contribution in [0.4, 0.5) is 0 Å². The molecule has 3 N–H and O–H groups in total. The smallest absolute Gasteiger partial charge is 0.207 e. The highest BCUT2D eigenvalue weighted by atomic mass is 35.5. The predicted molar refractivity (Wildman–Crippen MR) is 107 cm³/mol. The van der Waals surface area contributed by atoms with Crippen LogP contribution < -0.4 is 14.8 Å². The molecule has 0 radical (unpaired) electrons. The number of hydrogen-bond donors (Lipinski definition) is 3. The van der Waals surface area contributed by atoms with Crippen molar-refractivity contribution in [3.05, 3.63) is 58.6 Å². The van der Waals surface area contributed by atoms with Gasteiger partial charge < -0.3 is 24.8 Å². The highest BCUT2D eigenvalue weighted by Gasteiger charge is 2.24. The van der Waals surface area contributed by atoms with E-state index in [9.17, 15) is 14.6 Å². The van der Waals surface area contributed by atoms with Crippen LogP contribution in [0.1, 0.15) is 11.1 Å². The molecule has 0 aliphatic heterocycles. The van der Waals surface area contributed by atoms with E-state index in [2.05, 4.69) is 5.32 Å². The zero-order valence-corrected chi connectivity index (χ0v) is 17.0. The molecule has 8 heteroatoms. The summed E-state index contributed by atoms with van der Waals surface area (Å²) in [7, 11) is -0.507. The highest BCUT2D eigenvalue weighted by Crippen LogP contribution is 2.46. The lowest BCUT2D eigenvalue weighted by atomic mass is 10.2.